The van der Waals surface area contributed by atoms with Crippen molar-refractivity contribution in [1.29, 1.82) is 0 Å². The van der Waals surface area contributed by atoms with E-state index in [4.69, 9.17) is 19.2 Å². The molecule has 1 saturated carbocycles. The van der Waals surface area contributed by atoms with Crippen LogP contribution in [-0.4, -0.2) is 55.9 Å². The topological polar surface area (TPSA) is 94.2 Å². The van der Waals surface area contributed by atoms with Crippen molar-refractivity contribution in [2.45, 2.75) is 82.3 Å². The number of likely N-dealkylation sites (N-methyl/N-ethyl adjacent to an activating group) is 1. The van der Waals surface area contributed by atoms with E-state index >= 15 is 0 Å². The molecule has 8 nitrogen and oxygen atoms in total. The number of ether oxygens (including phenoxy) is 1. The molecule has 3 aromatic heterocycles. The fourth-order valence-electron chi connectivity index (χ4n) is 6.24. The van der Waals surface area contributed by atoms with Gasteiger partial charge in [0.2, 0.25) is 5.88 Å². The number of aromatic nitrogens is 4. The zero-order valence-corrected chi connectivity index (χ0v) is 21.1. The summed E-state index contributed by atoms with van der Waals surface area (Å²) < 4.78 is 16.6. The average Bonchev–Trinajstić information content (AvgIpc) is 3.62. The Balaban J connectivity index is 1.40. The first-order valence-corrected chi connectivity index (χ1v) is 13.6. The minimum atomic E-state index is -0.521. The van der Waals surface area contributed by atoms with Gasteiger partial charge in [-0.2, -0.15) is 4.98 Å². The zero-order valence-electron chi connectivity index (χ0n) is 20.3. The van der Waals surface area contributed by atoms with Gasteiger partial charge in [-0.25, -0.2) is 9.36 Å². The molecule has 2 fully saturated rings. The summed E-state index contributed by atoms with van der Waals surface area (Å²) in [4.78, 5) is 25.1. The molecule has 1 aliphatic heterocycles. The average molecular weight is 494 g/mol. The lowest BCUT2D eigenvalue weighted by Crippen LogP contribution is -2.41. The first-order valence-electron chi connectivity index (χ1n) is 12.7. The Kier molecular flexibility index (Phi) is 5.92. The van der Waals surface area contributed by atoms with Crippen LogP contribution in [0.2, 0.25) is 0 Å². The van der Waals surface area contributed by atoms with Gasteiger partial charge >= 0.3 is 0 Å². The summed E-state index contributed by atoms with van der Waals surface area (Å²) in [6.07, 6.45) is 10.2. The molecule has 0 N–H and O–H groups in total. The van der Waals surface area contributed by atoms with E-state index in [1.54, 1.807) is 0 Å². The van der Waals surface area contributed by atoms with E-state index in [2.05, 4.69) is 28.4 Å². The maximum Gasteiger partial charge on any atom is 0.217 e. The van der Waals surface area contributed by atoms with Crippen LogP contribution in [-0.2, 0) is 16.6 Å². The van der Waals surface area contributed by atoms with Crippen molar-refractivity contribution in [3.8, 4) is 28.7 Å². The van der Waals surface area contributed by atoms with Crippen LogP contribution in [0.1, 0.15) is 69.6 Å². The van der Waals surface area contributed by atoms with Crippen LogP contribution >= 0.6 is 11.5 Å². The molecule has 1 spiro atoms. The lowest BCUT2D eigenvalue weighted by atomic mass is 9.64. The van der Waals surface area contributed by atoms with E-state index in [0.29, 0.717) is 35.6 Å². The van der Waals surface area contributed by atoms with Crippen molar-refractivity contribution in [3.05, 3.63) is 29.0 Å². The number of ketones is 1. The second-order valence-corrected chi connectivity index (χ2v) is 10.9. The summed E-state index contributed by atoms with van der Waals surface area (Å²) in [5.74, 6) is 2.06. The summed E-state index contributed by atoms with van der Waals surface area (Å²) >= 11 is 1.39. The van der Waals surface area contributed by atoms with Gasteiger partial charge in [-0.3, -0.25) is 9.69 Å². The third-order valence-corrected chi connectivity index (χ3v) is 8.70. The highest BCUT2D eigenvalue weighted by Gasteiger charge is 2.48. The third kappa shape index (κ3) is 3.98. The fourth-order valence-corrected chi connectivity index (χ4v) is 6.77. The number of likely N-dealkylation sites (tertiary alicyclic amines) is 1. The number of nitrogens with zero attached hydrogens (tertiary/aromatic N) is 5. The van der Waals surface area contributed by atoms with Crippen LogP contribution in [0.4, 0.5) is 0 Å². The molecule has 4 heterocycles. The Morgan fingerprint density at radius 2 is 2.09 bits per heavy atom. The molecule has 0 radical (unpaired) electrons. The lowest BCUT2D eigenvalue weighted by molar-refractivity contribution is -0.128. The molecule has 3 aliphatic rings. The highest BCUT2D eigenvalue weighted by Crippen LogP contribution is 2.47. The monoisotopic (exact) mass is 493 g/mol. The van der Waals surface area contributed by atoms with Crippen LogP contribution in [0, 0.1) is 0 Å². The van der Waals surface area contributed by atoms with Gasteiger partial charge in [0.1, 0.15) is 11.9 Å². The maximum atomic E-state index is 13.1. The number of carbonyl (C=O) groups is 1. The van der Waals surface area contributed by atoms with Gasteiger partial charge in [0.05, 0.1) is 17.3 Å². The van der Waals surface area contributed by atoms with Gasteiger partial charge in [-0.15, -0.1) is 0 Å². The highest BCUT2D eigenvalue weighted by atomic mass is 32.1. The predicted molar refractivity (Wildman–Crippen MR) is 132 cm³/mol. The van der Waals surface area contributed by atoms with Crippen LogP contribution in [0.5, 0.6) is 5.88 Å². The van der Waals surface area contributed by atoms with Crippen molar-refractivity contribution < 1.29 is 14.1 Å². The van der Waals surface area contributed by atoms with Crippen LogP contribution in [0.25, 0.3) is 22.8 Å². The number of rotatable bonds is 5. The number of carbonyl (C=O) groups excluding carboxylic acids is 1. The van der Waals surface area contributed by atoms with E-state index in [1.165, 1.54) is 18.0 Å². The second-order valence-electron chi connectivity index (χ2n) is 10.2. The van der Waals surface area contributed by atoms with Gasteiger partial charge in [0.15, 0.2) is 17.3 Å². The first kappa shape index (κ1) is 22.8. The summed E-state index contributed by atoms with van der Waals surface area (Å²) in [6.45, 7) is 3.20. The molecule has 3 atom stereocenters. The van der Waals surface area contributed by atoms with Gasteiger partial charge in [-0.1, -0.05) is 11.6 Å². The van der Waals surface area contributed by atoms with Crippen molar-refractivity contribution in [2.24, 2.45) is 0 Å². The summed E-state index contributed by atoms with van der Waals surface area (Å²) in [5.41, 5.74) is 2.78. The normalized spacial score (nSPS) is 25.7. The van der Waals surface area contributed by atoms with Crippen molar-refractivity contribution in [1.82, 2.24) is 24.4 Å². The number of fused-ring (bicyclic) bond motifs is 2. The number of hydrogen-bond acceptors (Lipinski definition) is 9. The molecule has 0 bridgehead atoms. The Bertz CT molecular complexity index is 1230. The van der Waals surface area contributed by atoms with Gasteiger partial charge in [0, 0.05) is 35.0 Å². The zero-order chi connectivity index (χ0) is 24.0. The minimum absolute atomic E-state index is 0.00643. The quantitative estimate of drug-likeness (QED) is 0.499. The first-order chi connectivity index (χ1) is 17.0. The minimum Gasteiger partial charge on any atom is -0.473 e. The largest absolute Gasteiger partial charge is 0.473 e. The maximum absolute atomic E-state index is 13.1. The van der Waals surface area contributed by atoms with Crippen molar-refractivity contribution in [3.63, 3.8) is 0 Å². The number of Topliss-reactive ketones (excluding diaryl/α,β-unsaturated/α-hetero) is 1. The van der Waals surface area contributed by atoms with Crippen LogP contribution < -0.4 is 4.74 Å². The molecule has 0 amide bonds. The summed E-state index contributed by atoms with van der Waals surface area (Å²) in [5, 5.41) is 6.43. The SMILES string of the molecule is C[C@H](Oc1cc(-c2cnsc2)nc(-c2noc3c2CCC[C@@]32CCCCC2=O)n1)[C@@H]1CCCN1C. The molecule has 1 saturated heterocycles. The fraction of sp³-hybridized carbons (Fsp3) is 0.577. The third-order valence-electron chi connectivity index (χ3n) is 8.11. The second kappa shape index (κ2) is 9.09. The van der Waals surface area contributed by atoms with E-state index in [1.807, 2.05) is 17.6 Å². The molecule has 3 aromatic rings. The van der Waals surface area contributed by atoms with Gasteiger partial charge in [0.25, 0.3) is 0 Å². The summed E-state index contributed by atoms with van der Waals surface area (Å²) in [7, 11) is 2.15. The highest BCUT2D eigenvalue weighted by molar-refractivity contribution is 7.03. The number of hydrogen-bond donors (Lipinski definition) is 0. The Labute approximate surface area is 209 Å². The molecule has 35 heavy (non-hydrogen) atoms. The van der Waals surface area contributed by atoms with Crippen molar-refractivity contribution >= 4 is 17.3 Å². The molecule has 9 heteroatoms. The molecule has 0 unspecified atom stereocenters. The standard InChI is InChI=1S/C26H31N5O3S/c1-16(20-8-6-12-31(20)2)33-22-13-19(17-14-27-35-15-17)28-25(29-22)23-18-7-5-11-26(24(18)34-30-23)10-4-3-9-21(26)32/h13-16,20H,3-12H2,1-2H3/t16-,20-,26+/m0/s1. The molecule has 6 rings (SSSR count). The van der Waals surface area contributed by atoms with Crippen LogP contribution in [0.15, 0.2) is 22.2 Å². The van der Waals surface area contributed by atoms with Gasteiger partial charge < -0.3 is 9.26 Å². The Morgan fingerprint density at radius 1 is 1.20 bits per heavy atom. The molecule has 0 aromatic carbocycles. The van der Waals surface area contributed by atoms with Crippen LogP contribution in [0.3, 0.4) is 0 Å². The summed E-state index contributed by atoms with van der Waals surface area (Å²) in [6, 6.07) is 2.24. The van der Waals surface area contributed by atoms with E-state index in [0.717, 1.165) is 74.1 Å². The Morgan fingerprint density at radius 3 is 2.86 bits per heavy atom. The Hall–Kier alpha value is -2.65. The van der Waals surface area contributed by atoms with E-state index in [9.17, 15) is 4.79 Å². The molecular formula is C26H31N5O3S. The predicted octanol–water partition coefficient (Wildman–Crippen LogP) is 4.83. The molecular weight excluding hydrogens is 462 g/mol. The molecule has 2 aliphatic carbocycles. The van der Waals surface area contributed by atoms with Crippen molar-refractivity contribution in [2.75, 3.05) is 13.6 Å². The van der Waals surface area contributed by atoms with E-state index in [-0.39, 0.29) is 6.10 Å². The lowest BCUT2D eigenvalue weighted by Gasteiger charge is -2.36. The smallest absolute Gasteiger partial charge is 0.217 e. The molecule has 184 valence electrons. The van der Waals surface area contributed by atoms with E-state index < -0.39 is 5.41 Å². The van der Waals surface area contributed by atoms with Gasteiger partial charge in [-0.05, 0) is 77.0 Å².